The molecule has 0 aromatic heterocycles. The minimum Gasteiger partial charge on any atom is -0.497 e. The van der Waals surface area contributed by atoms with E-state index in [4.69, 9.17) is 19.3 Å². The normalized spacial score (nSPS) is 17.4. The fourth-order valence-corrected chi connectivity index (χ4v) is 2.23. The molecule has 7 nitrogen and oxygen atoms in total. The molecule has 1 aliphatic rings. The number of carbonyl (C=O) groups excluding carboxylic acids is 1. The van der Waals surface area contributed by atoms with Crippen molar-refractivity contribution in [3.63, 3.8) is 0 Å². The van der Waals surface area contributed by atoms with Crippen molar-refractivity contribution in [3.05, 3.63) is 36.4 Å². The van der Waals surface area contributed by atoms with E-state index in [1.165, 1.54) is 12.0 Å². The number of aliphatic carboxylic acids is 1. The van der Waals surface area contributed by atoms with Gasteiger partial charge in [-0.3, -0.25) is 4.79 Å². The fraction of sp³-hybridized carbons (Fsp3) is 0.375. The topological polar surface area (TPSA) is 85.3 Å². The quantitative estimate of drug-likeness (QED) is 0.792. The molecule has 1 aliphatic heterocycles. The van der Waals surface area contributed by atoms with Crippen molar-refractivity contribution in [1.82, 2.24) is 4.90 Å². The largest absolute Gasteiger partial charge is 0.497 e. The Morgan fingerprint density at radius 1 is 1.52 bits per heavy atom. The summed E-state index contributed by atoms with van der Waals surface area (Å²) < 4.78 is 15.8. The van der Waals surface area contributed by atoms with Crippen LogP contribution in [0.25, 0.3) is 0 Å². The van der Waals surface area contributed by atoms with Gasteiger partial charge in [-0.1, -0.05) is 12.7 Å². The third-order valence-electron chi connectivity index (χ3n) is 3.40. The van der Waals surface area contributed by atoms with Crippen LogP contribution in [0.2, 0.25) is 0 Å². The Morgan fingerprint density at radius 2 is 2.30 bits per heavy atom. The highest BCUT2D eigenvalue weighted by Crippen LogP contribution is 2.26. The van der Waals surface area contributed by atoms with Crippen molar-refractivity contribution in [2.24, 2.45) is 0 Å². The second-order valence-corrected chi connectivity index (χ2v) is 4.91. The number of benzene rings is 1. The number of methoxy groups -OCH3 is 1. The molecule has 0 bridgehead atoms. The summed E-state index contributed by atoms with van der Waals surface area (Å²) in [6.07, 6.45) is 0.562. The minimum atomic E-state index is -1.08. The highest BCUT2D eigenvalue weighted by Gasteiger charge is 2.30. The monoisotopic (exact) mass is 321 g/mol. The van der Waals surface area contributed by atoms with Gasteiger partial charge in [-0.25, -0.2) is 4.79 Å². The molecule has 0 saturated carbocycles. The van der Waals surface area contributed by atoms with Crippen molar-refractivity contribution in [3.8, 4) is 11.5 Å². The van der Waals surface area contributed by atoms with Gasteiger partial charge in [0.15, 0.2) is 6.10 Å². The van der Waals surface area contributed by atoms with E-state index in [0.717, 1.165) is 0 Å². The van der Waals surface area contributed by atoms with E-state index in [-0.39, 0.29) is 25.7 Å². The van der Waals surface area contributed by atoms with Gasteiger partial charge in [0.1, 0.15) is 18.1 Å². The van der Waals surface area contributed by atoms with E-state index >= 15 is 0 Å². The van der Waals surface area contributed by atoms with Crippen LogP contribution in [0, 0.1) is 0 Å². The van der Waals surface area contributed by atoms with Gasteiger partial charge < -0.3 is 24.2 Å². The molecule has 1 aromatic carbocycles. The van der Waals surface area contributed by atoms with Gasteiger partial charge in [0, 0.05) is 12.6 Å². The smallest absolute Gasteiger partial charge is 0.334 e. The number of morpholine rings is 1. The van der Waals surface area contributed by atoms with E-state index in [1.807, 2.05) is 0 Å². The molecular formula is C16H19NO6. The molecule has 7 heteroatoms. The zero-order chi connectivity index (χ0) is 16.8. The zero-order valence-electron chi connectivity index (χ0n) is 12.9. The van der Waals surface area contributed by atoms with E-state index < -0.39 is 12.1 Å². The number of hydrogen-bond donors (Lipinski definition) is 1. The van der Waals surface area contributed by atoms with E-state index in [9.17, 15) is 9.59 Å². The van der Waals surface area contributed by atoms with E-state index in [0.29, 0.717) is 23.6 Å². The predicted molar refractivity (Wildman–Crippen MR) is 82.0 cm³/mol. The highest BCUT2D eigenvalue weighted by molar-refractivity contribution is 5.97. The molecule has 1 aromatic rings. The summed E-state index contributed by atoms with van der Waals surface area (Å²) in [7, 11) is 1.52. The molecular weight excluding hydrogens is 302 g/mol. The summed E-state index contributed by atoms with van der Waals surface area (Å²) >= 11 is 0. The van der Waals surface area contributed by atoms with Gasteiger partial charge in [0.25, 0.3) is 5.91 Å². The first-order chi connectivity index (χ1) is 11.1. The maximum Gasteiger partial charge on any atom is 0.334 e. The standard InChI is InChI=1S/C16H19NO6/c1-3-7-22-13-9-11(21-2)4-5-12(13)15(18)17-6-8-23-14(10-17)16(19)20/h3-5,9,14H,1,6-8,10H2,2H3,(H,19,20). The van der Waals surface area contributed by atoms with Gasteiger partial charge in [-0.05, 0) is 12.1 Å². The predicted octanol–water partition coefficient (Wildman–Crippen LogP) is 1.19. The summed E-state index contributed by atoms with van der Waals surface area (Å²) in [6.45, 7) is 4.34. The van der Waals surface area contributed by atoms with Crippen LogP contribution in [0.5, 0.6) is 11.5 Å². The molecule has 1 atom stereocenters. The lowest BCUT2D eigenvalue weighted by molar-refractivity contribution is -0.154. The summed E-state index contributed by atoms with van der Waals surface area (Å²) in [5, 5.41) is 9.03. The second kappa shape index (κ2) is 7.64. The Labute approximate surface area is 134 Å². The number of carboxylic acid groups (broad SMARTS) is 1. The Morgan fingerprint density at radius 3 is 2.96 bits per heavy atom. The minimum absolute atomic E-state index is 0.00109. The van der Waals surface area contributed by atoms with Gasteiger partial charge in [0.2, 0.25) is 0 Å². The van der Waals surface area contributed by atoms with Crippen LogP contribution in [0.1, 0.15) is 10.4 Å². The average molecular weight is 321 g/mol. The molecule has 23 heavy (non-hydrogen) atoms. The lowest BCUT2D eigenvalue weighted by Crippen LogP contribution is -2.48. The van der Waals surface area contributed by atoms with Crippen molar-refractivity contribution in [2.75, 3.05) is 33.4 Å². The average Bonchev–Trinajstić information content (AvgIpc) is 2.59. The molecule has 1 unspecified atom stereocenters. The van der Waals surface area contributed by atoms with Crippen molar-refractivity contribution < 1.29 is 28.9 Å². The lowest BCUT2D eigenvalue weighted by atomic mass is 10.1. The summed E-state index contributed by atoms with van der Waals surface area (Å²) in [4.78, 5) is 25.2. The molecule has 0 aliphatic carbocycles. The maximum atomic E-state index is 12.7. The van der Waals surface area contributed by atoms with Gasteiger partial charge in [0.05, 0.1) is 25.8 Å². The maximum absolute atomic E-state index is 12.7. The SMILES string of the molecule is C=CCOc1cc(OC)ccc1C(=O)N1CCOC(C(=O)O)C1. The Balaban J connectivity index is 2.23. The molecule has 1 amide bonds. The van der Waals surface area contributed by atoms with Gasteiger partial charge in [-0.2, -0.15) is 0 Å². The first-order valence-electron chi connectivity index (χ1n) is 7.12. The summed E-state index contributed by atoms with van der Waals surface area (Å²) in [5.74, 6) is -0.458. The van der Waals surface area contributed by atoms with Crippen LogP contribution in [-0.4, -0.2) is 61.4 Å². The van der Waals surface area contributed by atoms with Crippen LogP contribution >= 0.6 is 0 Å². The van der Waals surface area contributed by atoms with E-state index in [1.54, 1.807) is 24.3 Å². The third kappa shape index (κ3) is 4.01. The molecule has 1 saturated heterocycles. The van der Waals surface area contributed by atoms with Crippen molar-refractivity contribution >= 4 is 11.9 Å². The summed E-state index contributed by atoms with van der Waals surface area (Å²) in [5.41, 5.74) is 0.346. The highest BCUT2D eigenvalue weighted by atomic mass is 16.5. The van der Waals surface area contributed by atoms with Gasteiger partial charge >= 0.3 is 5.97 Å². The molecule has 1 N–H and O–H groups in total. The Kier molecular flexibility index (Phi) is 5.59. The van der Waals surface area contributed by atoms with Crippen LogP contribution in [0.4, 0.5) is 0 Å². The number of amides is 1. The van der Waals surface area contributed by atoms with Crippen LogP contribution in [0.15, 0.2) is 30.9 Å². The molecule has 1 heterocycles. The number of carboxylic acids is 1. The lowest BCUT2D eigenvalue weighted by Gasteiger charge is -2.31. The van der Waals surface area contributed by atoms with Crippen LogP contribution in [0.3, 0.4) is 0 Å². The van der Waals surface area contributed by atoms with Crippen molar-refractivity contribution in [1.29, 1.82) is 0 Å². The van der Waals surface area contributed by atoms with E-state index in [2.05, 4.69) is 6.58 Å². The van der Waals surface area contributed by atoms with Crippen molar-refractivity contribution in [2.45, 2.75) is 6.10 Å². The first-order valence-corrected chi connectivity index (χ1v) is 7.12. The van der Waals surface area contributed by atoms with Crippen LogP contribution < -0.4 is 9.47 Å². The molecule has 1 fully saturated rings. The molecule has 2 rings (SSSR count). The molecule has 0 spiro atoms. The number of carbonyl (C=O) groups is 2. The second-order valence-electron chi connectivity index (χ2n) is 4.91. The fourth-order valence-electron chi connectivity index (χ4n) is 2.23. The third-order valence-corrected chi connectivity index (χ3v) is 3.40. The molecule has 0 radical (unpaired) electrons. The van der Waals surface area contributed by atoms with Crippen LogP contribution in [-0.2, 0) is 9.53 Å². The summed E-state index contributed by atoms with van der Waals surface area (Å²) in [6, 6.07) is 4.87. The Hall–Kier alpha value is -2.54. The number of nitrogens with zero attached hydrogens (tertiary/aromatic N) is 1. The number of hydrogen-bond acceptors (Lipinski definition) is 5. The molecule has 124 valence electrons. The first kappa shape index (κ1) is 16.8. The zero-order valence-corrected chi connectivity index (χ0v) is 12.9. The Bertz CT molecular complexity index is 600. The van der Waals surface area contributed by atoms with Gasteiger partial charge in [-0.15, -0.1) is 0 Å². The number of ether oxygens (including phenoxy) is 3. The number of rotatable bonds is 6.